The quantitative estimate of drug-likeness (QED) is 0.729. The lowest BCUT2D eigenvalue weighted by Gasteiger charge is -2.22. The molecule has 114 valence electrons. The van der Waals surface area contributed by atoms with Crippen molar-refractivity contribution in [3.63, 3.8) is 0 Å². The van der Waals surface area contributed by atoms with E-state index in [4.69, 9.17) is 4.74 Å². The van der Waals surface area contributed by atoms with Crippen molar-refractivity contribution in [2.75, 3.05) is 6.54 Å². The Morgan fingerprint density at radius 1 is 1.20 bits per heavy atom. The van der Waals surface area contributed by atoms with Gasteiger partial charge in [0.05, 0.1) is 12.3 Å². The van der Waals surface area contributed by atoms with Crippen molar-refractivity contribution in [3.05, 3.63) is 24.0 Å². The van der Waals surface area contributed by atoms with Crippen LogP contribution in [-0.2, 0) is 0 Å². The maximum atomic E-state index is 5.75. The van der Waals surface area contributed by atoms with E-state index < -0.39 is 0 Å². The minimum absolute atomic E-state index is 0.184. The molecule has 0 aliphatic heterocycles. The van der Waals surface area contributed by atoms with Gasteiger partial charge in [-0.05, 0) is 50.8 Å². The van der Waals surface area contributed by atoms with Crippen LogP contribution in [0, 0.1) is 5.92 Å². The molecule has 0 radical (unpaired) electrons. The van der Waals surface area contributed by atoms with Crippen molar-refractivity contribution in [3.8, 4) is 5.75 Å². The van der Waals surface area contributed by atoms with Gasteiger partial charge in [-0.25, -0.2) is 0 Å². The van der Waals surface area contributed by atoms with Crippen LogP contribution in [0.25, 0.3) is 0 Å². The molecule has 1 rings (SSSR count). The number of ether oxygens (including phenoxy) is 1. The molecule has 0 amide bonds. The number of aromatic nitrogens is 1. The van der Waals surface area contributed by atoms with Crippen LogP contribution in [0.2, 0.25) is 0 Å². The Balaban J connectivity index is 2.82. The number of pyridine rings is 1. The van der Waals surface area contributed by atoms with Gasteiger partial charge in [0, 0.05) is 12.2 Å². The third-order valence-corrected chi connectivity index (χ3v) is 3.48. The van der Waals surface area contributed by atoms with Crippen LogP contribution in [0.3, 0.4) is 0 Å². The molecule has 1 heterocycles. The maximum absolute atomic E-state index is 5.75. The summed E-state index contributed by atoms with van der Waals surface area (Å²) in [5, 5.41) is 3.64. The van der Waals surface area contributed by atoms with E-state index in [9.17, 15) is 0 Å². The molecule has 1 aromatic rings. The third-order valence-electron chi connectivity index (χ3n) is 3.48. The fourth-order valence-corrected chi connectivity index (χ4v) is 2.19. The van der Waals surface area contributed by atoms with Gasteiger partial charge in [-0.1, -0.05) is 27.2 Å². The molecule has 0 aliphatic rings. The summed E-state index contributed by atoms with van der Waals surface area (Å²) in [4.78, 5) is 4.33. The highest BCUT2D eigenvalue weighted by molar-refractivity contribution is 5.26. The van der Waals surface area contributed by atoms with Gasteiger partial charge in [-0.2, -0.15) is 0 Å². The topological polar surface area (TPSA) is 34.2 Å². The molecule has 0 aliphatic carbocycles. The molecule has 20 heavy (non-hydrogen) atoms. The standard InChI is InChI=1S/C17H30N2O/c1-6-8-19-17(9-14(5)7-2)15-10-16(12-18-11-15)20-13(3)4/h10-14,17,19H,6-9H2,1-5H3. The Bertz CT molecular complexity index is 379. The Morgan fingerprint density at radius 2 is 1.95 bits per heavy atom. The number of rotatable bonds is 9. The number of hydrogen-bond donors (Lipinski definition) is 1. The lowest BCUT2D eigenvalue weighted by Crippen LogP contribution is -2.24. The first-order chi connectivity index (χ1) is 9.56. The fraction of sp³-hybridized carbons (Fsp3) is 0.706. The normalized spacial score (nSPS) is 14.3. The molecular formula is C17H30N2O. The number of nitrogens with one attached hydrogen (secondary N) is 1. The van der Waals surface area contributed by atoms with Gasteiger partial charge in [-0.15, -0.1) is 0 Å². The van der Waals surface area contributed by atoms with E-state index in [1.165, 1.54) is 12.0 Å². The first-order valence-electron chi connectivity index (χ1n) is 7.91. The maximum Gasteiger partial charge on any atom is 0.138 e. The smallest absolute Gasteiger partial charge is 0.138 e. The van der Waals surface area contributed by atoms with Gasteiger partial charge >= 0.3 is 0 Å². The zero-order valence-corrected chi connectivity index (χ0v) is 13.6. The van der Waals surface area contributed by atoms with Crippen LogP contribution in [0.4, 0.5) is 0 Å². The van der Waals surface area contributed by atoms with Crippen LogP contribution in [0.5, 0.6) is 5.75 Å². The van der Waals surface area contributed by atoms with Crippen molar-refractivity contribution in [1.82, 2.24) is 10.3 Å². The molecule has 1 aromatic heterocycles. The van der Waals surface area contributed by atoms with Crippen molar-refractivity contribution in [2.45, 2.75) is 66.0 Å². The van der Waals surface area contributed by atoms with Gasteiger partial charge in [0.2, 0.25) is 0 Å². The lowest BCUT2D eigenvalue weighted by molar-refractivity contribution is 0.241. The molecule has 1 N–H and O–H groups in total. The van der Waals surface area contributed by atoms with Gasteiger partial charge in [0.25, 0.3) is 0 Å². The second kappa shape index (κ2) is 8.96. The Morgan fingerprint density at radius 3 is 2.55 bits per heavy atom. The van der Waals surface area contributed by atoms with E-state index in [-0.39, 0.29) is 6.10 Å². The van der Waals surface area contributed by atoms with Crippen molar-refractivity contribution in [2.24, 2.45) is 5.92 Å². The number of hydrogen-bond acceptors (Lipinski definition) is 3. The van der Waals surface area contributed by atoms with E-state index >= 15 is 0 Å². The first-order valence-corrected chi connectivity index (χ1v) is 7.91. The predicted octanol–water partition coefficient (Wildman–Crippen LogP) is 4.35. The average molecular weight is 278 g/mol. The minimum Gasteiger partial charge on any atom is -0.489 e. The van der Waals surface area contributed by atoms with Gasteiger partial charge < -0.3 is 10.1 Å². The molecule has 0 bridgehead atoms. The summed E-state index contributed by atoms with van der Waals surface area (Å²) in [6.07, 6.45) is 7.44. The summed E-state index contributed by atoms with van der Waals surface area (Å²) < 4.78 is 5.75. The molecule has 2 unspecified atom stereocenters. The highest BCUT2D eigenvalue weighted by atomic mass is 16.5. The van der Waals surface area contributed by atoms with Gasteiger partial charge in [-0.3, -0.25) is 4.98 Å². The van der Waals surface area contributed by atoms with Crippen LogP contribution in [0.15, 0.2) is 18.5 Å². The molecular weight excluding hydrogens is 248 g/mol. The SMILES string of the molecule is CCCNC(CC(C)CC)c1cncc(OC(C)C)c1. The highest BCUT2D eigenvalue weighted by Crippen LogP contribution is 2.25. The largest absolute Gasteiger partial charge is 0.489 e. The van der Waals surface area contributed by atoms with Crippen molar-refractivity contribution in [1.29, 1.82) is 0 Å². The molecule has 0 spiro atoms. The van der Waals surface area contributed by atoms with Crippen LogP contribution in [0.1, 0.15) is 65.5 Å². The molecule has 3 nitrogen and oxygen atoms in total. The third kappa shape index (κ3) is 5.91. The van der Waals surface area contributed by atoms with E-state index in [0.717, 1.165) is 25.1 Å². The fourth-order valence-electron chi connectivity index (χ4n) is 2.19. The molecule has 0 saturated heterocycles. The summed E-state index contributed by atoms with van der Waals surface area (Å²) in [5.74, 6) is 1.57. The summed E-state index contributed by atoms with van der Waals surface area (Å²) in [6.45, 7) is 11.9. The van der Waals surface area contributed by atoms with Crippen LogP contribution >= 0.6 is 0 Å². The molecule has 0 aromatic carbocycles. The molecule has 0 saturated carbocycles. The molecule has 3 heteroatoms. The monoisotopic (exact) mass is 278 g/mol. The summed E-state index contributed by atoms with van der Waals surface area (Å²) in [5.41, 5.74) is 1.23. The average Bonchev–Trinajstić information content (AvgIpc) is 2.42. The Labute approximate surface area is 124 Å². The molecule has 2 atom stereocenters. The van der Waals surface area contributed by atoms with Crippen molar-refractivity contribution >= 4 is 0 Å². The van der Waals surface area contributed by atoms with E-state index in [1.54, 1.807) is 6.20 Å². The summed E-state index contributed by atoms with van der Waals surface area (Å²) >= 11 is 0. The minimum atomic E-state index is 0.184. The zero-order valence-electron chi connectivity index (χ0n) is 13.6. The highest BCUT2D eigenvalue weighted by Gasteiger charge is 2.15. The van der Waals surface area contributed by atoms with E-state index in [1.807, 2.05) is 20.0 Å². The predicted molar refractivity (Wildman–Crippen MR) is 85.1 cm³/mol. The Kier molecular flexibility index (Phi) is 7.60. The zero-order chi connectivity index (χ0) is 15.0. The number of nitrogens with zero attached hydrogens (tertiary/aromatic N) is 1. The summed E-state index contributed by atoms with van der Waals surface area (Å²) in [7, 11) is 0. The second-order valence-electron chi connectivity index (χ2n) is 5.88. The van der Waals surface area contributed by atoms with Crippen molar-refractivity contribution < 1.29 is 4.74 Å². The van der Waals surface area contributed by atoms with E-state index in [2.05, 4.69) is 37.1 Å². The lowest BCUT2D eigenvalue weighted by atomic mass is 9.95. The van der Waals surface area contributed by atoms with Gasteiger partial charge in [0.1, 0.15) is 5.75 Å². The second-order valence-corrected chi connectivity index (χ2v) is 5.88. The van der Waals surface area contributed by atoms with Crippen LogP contribution in [-0.4, -0.2) is 17.6 Å². The van der Waals surface area contributed by atoms with Gasteiger partial charge in [0.15, 0.2) is 0 Å². The molecule has 0 fully saturated rings. The van der Waals surface area contributed by atoms with Crippen LogP contribution < -0.4 is 10.1 Å². The first kappa shape index (κ1) is 17.0. The summed E-state index contributed by atoms with van der Waals surface area (Å²) in [6, 6.07) is 2.50. The van der Waals surface area contributed by atoms with E-state index in [0.29, 0.717) is 12.0 Å². The Hall–Kier alpha value is -1.09.